The number of piperidine rings is 1. The lowest BCUT2D eigenvalue weighted by molar-refractivity contribution is -0.145. The van der Waals surface area contributed by atoms with Crippen molar-refractivity contribution in [1.29, 1.82) is 0 Å². The van der Waals surface area contributed by atoms with Crippen molar-refractivity contribution in [2.75, 3.05) is 18.1 Å². The van der Waals surface area contributed by atoms with E-state index in [0.29, 0.717) is 6.61 Å². The third-order valence-electron chi connectivity index (χ3n) is 3.53. The van der Waals surface area contributed by atoms with Gasteiger partial charge in [-0.05, 0) is 32.3 Å². The zero-order valence-corrected chi connectivity index (χ0v) is 11.3. The molecule has 1 N–H and O–H groups in total. The first-order valence-corrected chi connectivity index (χ1v) is 6.90. The van der Waals surface area contributed by atoms with Crippen molar-refractivity contribution in [3.63, 3.8) is 0 Å². The van der Waals surface area contributed by atoms with Crippen molar-refractivity contribution in [3.05, 3.63) is 29.8 Å². The predicted octanol–water partition coefficient (Wildman–Crippen LogP) is 2.10. The molecule has 1 heterocycles. The molecule has 1 aliphatic rings. The third-order valence-corrected chi connectivity index (χ3v) is 3.53. The number of carbonyl (C=O) groups is 1. The smallest absolute Gasteiger partial charge is 0.328 e. The molecule has 1 saturated heterocycles. The van der Waals surface area contributed by atoms with Crippen LogP contribution < -0.4 is 4.90 Å². The minimum atomic E-state index is -0.221. The Labute approximate surface area is 114 Å². The van der Waals surface area contributed by atoms with E-state index in [0.717, 1.165) is 37.1 Å². The molecule has 0 aromatic heterocycles. The van der Waals surface area contributed by atoms with Crippen LogP contribution in [0.4, 0.5) is 5.69 Å². The van der Waals surface area contributed by atoms with E-state index in [4.69, 9.17) is 4.74 Å². The molecule has 1 aromatic rings. The van der Waals surface area contributed by atoms with Crippen molar-refractivity contribution < 1.29 is 14.6 Å². The lowest BCUT2D eigenvalue weighted by Gasteiger charge is -2.36. The van der Waals surface area contributed by atoms with Gasteiger partial charge in [-0.15, -0.1) is 0 Å². The van der Waals surface area contributed by atoms with Crippen molar-refractivity contribution in [2.24, 2.45) is 0 Å². The van der Waals surface area contributed by atoms with E-state index in [9.17, 15) is 9.90 Å². The largest absolute Gasteiger partial charge is 0.464 e. The van der Waals surface area contributed by atoms with E-state index in [1.54, 1.807) is 0 Å². The molecule has 0 spiro atoms. The molecule has 1 unspecified atom stereocenters. The summed E-state index contributed by atoms with van der Waals surface area (Å²) in [6.45, 7) is 3.06. The van der Waals surface area contributed by atoms with E-state index in [-0.39, 0.29) is 18.6 Å². The summed E-state index contributed by atoms with van der Waals surface area (Å²) in [6.07, 6.45) is 2.93. The molecule has 104 valence electrons. The maximum absolute atomic E-state index is 12.1. The van der Waals surface area contributed by atoms with Gasteiger partial charge in [0.1, 0.15) is 6.04 Å². The number of esters is 1. The fraction of sp³-hybridized carbons (Fsp3) is 0.533. The first-order valence-electron chi connectivity index (χ1n) is 6.90. The predicted molar refractivity (Wildman–Crippen MR) is 74.0 cm³/mol. The molecule has 1 aliphatic heterocycles. The Balaban J connectivity index is 2.26. The third kappa shape index (κ3) is 3.07. The first kappa shape index (κ1) is 13.9. The van der Waals surface area contributed by atoms with Crippen LogP contribution in [0, 0.1) is 0 Å². The number of ether oxygens (including phenoxy) is 1. The summed E-state index contributed by atoms with van der Waals surface area (Å²) >= 11 is 0. The van der Waals surface area contributed by atoms with Crippen LogP contribution in [0.15, 0.2) is 24.3 Å². The first-order chi connectivity index (χ1) is 9.27. The molecule has 0 radical (unpaired) electrons. The van der Waals surface area contributed by atoms with Gasteiger partial charge < -0.3 is 14.7 Å². The quantitative estimate of drug-likeness (QED) is 0.845. The Bertz CT molecular complexity index is 433. The fourth-order valence-corrected chi connectivity index (χ4v) is 2.63. The van der Waals surface area contributed by atoms with Gasteiger partial charge in [-0.2, -0.15) is 0 Å². The van der Waals surface area contributed by atoms with Gasteiger partial charge in [-0.25, -0.2) is 4.79 Å². The average Bonchev–Trinajstić information content (AvgIpc) is 2.47. The van der Waals surface area contributed by atoms with Gasteiger partial charge in [0.25, 0.3) is 0 Å². The summed E-state index contributed by atoms with van der Waals surface area (Å²) in [7, 11) is 0. The molecule has 0 bridgehead atoms. The standard InChI is InChI=1S/C15H21NO3/c1-2-19-15(18)14-9-5-6-10-16(14)13-8-4-3-7-12(13)11-17/h3-4,7-8,14,17H,2,5-6,9-11H2,1H3. The summed E-state index contributed by atoms with van der Waals surface area (Å²) in [4.78, 5) is 14.1. The second-order valence-electron chi connectivity index (χ2n) is 4.74. The molecule has 19 heavy (non-hydrogen) atoms. The second-order valence-corrected chi connectivity index (χ2v) is 4.74. The highest BCUT2D eigenvalue weighted by molar-refractivity contribution is 5.80. The van der Waals surface area contributed by atoms with Crippen molar-refractivity contribution in [1.82, 2.24) is 0 Å². The number of para-hydroxylation sites is 1. The highest BCUT2D eigenvalue weighted by Crippen LogP contribution is 2.28. The van der Waals surface area contributed by atoms with E-state index >= 15 is 0 Å². The van der Waals surface area contributed by atoms with Crippen LogP contribution >= 0.6 is 0 Å². The number of nitrogens with zero attached hydrogens (tertiary/aromatic N) is 1. The summed E-state index contributed by atoms with van der Waals surface area (Å²) < 4.78 is 5.16. The number of hydrogen-bond donors (Lipinski definition) is 1. The van der Waals surface area contributed by atoms with Crippen LogP contribution in [-0.2, 0) is 16.1 Å². The molecule has 4 heteroatoms. The molecular weight excluding hydrogens is 242 g/mol. The molecule has 0 amide bonds. The lowest BCUT2D eigenvalue weighted by Crippen LogP contribution is -2.46. The van der Waals surface area contributed by atoms with Gasteiger partial charge in [0.15, 0.2) is 0 Å². The van der Waals surface area contributed by atoms with Gasteiger partial charge in [-0.3, -0.25) is 0 Å². The van der Waals surface area contributed by atoms with Crippen LogP contribution in [0.3, 0.4) is 0 Å². The molecule has 1 aromatic carbocycles. The van der Waals surface area contributed by atoms with Crippen molar-refractivity contribution in [2.45, 2.75) is 38.8 Å². The molecule has 4 nitrogen and oxygen atoms in total. The van der Waals surface area contributed by atoms with Crippen molar-refractivity contribution >= 4 is 11.7 Å². The monoisotopic (exact) mass is 263 g/mol. The summed E-state index contributed by atoms with van der Waals surface area (Å²) in [5.74, 6) is -0.157. The Hall–Kier alpha value is -1.55. The van der Waals surface area contributed by atoms with E-state index in [2.05, 4.69) is 4.90 Å². The van der Waals surface area contributed by atoms with Crippen LogP contribution in [0.5, 0.6) is 0 Å². The maximum Gasteiger partial charge on any atom is 0.328 e. The van der Waals surface area contributed by atoms with Crippen LogP contribution in [0.25, 0.3) is 0 Å². The van der Waals surface area contributed by atoms with E-state index < -0.39 is 0 Å². The average molecular weight is 263 g/mol. The van der Waals surface area contributed by atoms with Gasteiger partial charge in [0, 0.05) is 17.8 Å². The molecular formula is C15H21NO3. The molecule has 1 atom stereocenters. The molecule has 1 fully saturated rings. The second kappa shape index (κ2) is 6.57. The Kier molecular flexibility index (Phi) is 4.80. The lowest BCUT2D eigenvalue weighted by atomic mass is 10.00. The Morgan fingerprint density at radius 3 is 2.95 bits per heavy atom. The normalized spacial score (nSPS) is 19.3. The summed E-state index contributed by atoms with van der Waals surface area (Å²) in [6, 6.07) is 7.47. The van der Waals surface area contributed by atoms with Gasteiger partial charge in [0.05, 0.1) is 13.2 Å². The highest BCUT2D eigenvalue weighted by Gasteiger charge is 2.30. The maximum atomic E-state index is 12.1. The molecule has 0 saturated carbocycles. The Morgan fingerprint density at radius 2 is 2.21 bits per heavy atom. The van der Waals surface area contributed by atoms with Gasteiger partial charge >= 0.3 is 5.97 Å². The molecule has 2 rings (SSSR count). The van der Waals surface area contributed by atoms with Crippen LogP contribution in [0.2, 0.25) is 0 Å². The number of aliphatic hydroxyl groups is 1. The minimum absolute atomic E-state index is 0.0117. The van der Waals surface area contributed by atoms with E-state index in [1.807, 2.05) is 31.2 Å². The molecule has 0 aliphatic carbocycles. The summed E-state index contributed by atoms with van der Waals surface area (Å²) in [5.41, 5.74) is 1.81. The van der Waals surface area contributed by atoms with E-state index in [1.165, 1.54) is 0 Å². The SMILES string of the molecule is CCOC(=O)C1CCCCN1c1ccccc1CO. The fourth-order valence-electron chi connectivity index (χ4n) is 2.63. The number of anilines is 1. The zero-order valence-electron chi connectivity index (χ0n) is 11.3. The van der Waals surface area contributed by atoms with Gasteiger partial charge in [0.2, 0.25) is 0 Å². The Morgan fingerprint density at radius 1 is 1.42 bits per heavy atom. The van der Waals surface area contributed by atoms with Crippen LogP contribution in [0.1, 0.15) is 31.7 Å². The highest BCUT2D eigenvalue weighted by atomic mass is 16.5. The minimum Gasteiger partial charge on any atom is -0.464 e. The number of carbonyl (C=O) groups excluding carboxylic acids is 1. The van der Waals surface area contributed by atoms with Crippen LogP contribution in [-0.4, -0.2) is 30.3 Å². The topological polar surface area (TPSA) is 49.8 Å². The number of hydrogen-bond acceptors (Lipinski definition) is 4. The number of rotatable bonds is 4. The summed E-state index contributed by atoms with van der Waals surface area (Å²) in [5, 5.41) is 9.43. The van der Waals surface area contributed by atoms with Gasteiger partial charge in [-0.1, -0.05) is 18.2 Å². The number of benzene rings is 1. The zero-order chi connectivity index (χ0) is 13.7. The van der Waals surface area contributed by atoms with Crippen molar-refractivity contribution in [3.8, 4) is 0 Å². The number of aliphatic hydroxyl groups excluding tert-OH is 1.